The van der Waals surface area contributed by atoms with Gasteiger partial charge in [-0.1, -0.05) is 66.2 Å². The molecule has 57 heavy (non-hydrogen) atoms. The summed E-state index contributed by atoms with van der Waals surface area (Å²) in [5.74, 6) is -3.84. The summed E-state index contributed by atoms with van der Waals surface area (Å²) in [6.07, 6.45) is -3.24. The molecule has 14 nitrogen and oxygen atoms in total. The first-order chi connectivity index (χ1) is 27.3. The van der Waals surface area contributed by atoms with Crippen molar-refractivity contribution in [2.75, 3.05) is 36.2 Å². The van der Waals surface area contributed by atoms with E-state index in [1.54, 1.807) is 36.4 Å². The van der Waals surface area contributed by atoms with Gasteiger partial charge in [0, 0.05) is 28.5 Å². The van der Waals surface area contributed by atoms with Crippen LogP contribution in [0.2, 0.25) is 5.02 Å². The van der Waals surface area contributed by atoms with Crippen LogP contribution in [0.5, 0.6) is 6.01 Å². The number of methoxy groups -OCH3 is 1. The van der Waals surface area contributed by atoms with Crippen LogP contribution >= 0.6 is 11.6 Å². The molecule has 1 aliphatic rings. The Kier molecular flexibility index (Phi) is 12.2. The average Bonchev–Trinajstić information content (AvgIpc) is 3.99. The number of nitrogens with zero attached hydrogens (tertiary/aromatic N) is 3. The van der Waals surface area contributed by atoms with Crippen molar-refractivity contribution in [3.8, 4) is 17.1 Å². The molecule has 0 spiro atoms. The molecule has 5 N–H and O–H groups in total. The molecule has 0 aliphatic heterocycles. The fourth-order valence-corrected chi connectivity index (χ4v) is 5.65. The van der Waals surface area contributed by atoms with Crippen LogP contribution in [0, 0.1) is 0 Å². The number of hydrogen-bond donors (Lipinski definition) is 5. The van der Waals surface area contributed by atoms with Crippen LogP contribution < -0.4 is 31.3 Å². The van der Waals surface area contributed by atoms with E-state index in [9.17, 15) is 32.3 Å². The summed E-state index contributed by atoms with van der Waals surface area (Å²) in [5.41, 5.74) is 3.00. The summed E-state index contributed by atoms with van der Waals surface area (Å²) >= 11 is 6.03. The van der Waals surface area contributed by atoms with E-state index < -0.39 is 60.6 Å². The number of carbonyl (C=O) groups excluding carboxylic acids is 4. The first kappa shape index (κ1) is 39.9. The largest absolute Gasteiger partial charge is 0.467 e. The Hall–Kier alpha value is -6.75. The summed E-state index contributed by atoms with van der Waals surface area (Å²) in [5, 5.41) is 13.9. The maximum Gasteiger partial charge on any atom is 0.422 e. The molecule has 18 heteroatoms. The lowest BCUT2D eigenvalue weighted by Gasteiger charge is -2.19. The Labute approximate surface area is 328 Å². The smallest absolute Gasteiger partial charge is 0.422 e. The van der Waals surface area contributed by atoms with E-state index in [-0.39, 0.29) is 17.5 Å². The molecular formula is C39H34ClF3N8O6. The van der Waals surface area contributed by atoms with Gasteiger partial charge in [-0.3, -0.25) is 14.4 Å². The van der Waals surface area contributed by atoms with Gasteiger partial charge in [0.1, 0.15) is 6.04 Å². The second kappa shape index (κ2) is 17.4. The second-order valence-electron chi connectivity index (χ2n) is 12.7. The molecular weight excluding hydrogens is 769 g/mol. The van der Waals surface area contributed by atoms with Gasteiger partial charge in [0.25, 0.3) is 5.91 Å². The number of hydrogen-bond acceptors (Lipinski definition) is 11. The zero-order valence-electron chi connectivity index (χ0n) is 30.0. The van der Waals surface area contributed by atoms with Gasteiger partial charge in [-0.15, -0.1) is 0 Å². The number of amides is 3. The van der Waals surface area contributed by atoms with Crippen LogP contribution in [-0.2, 0) is 24.7 Å². The van der Waals surface area contributed by atoms with E-state index in [0.29, 0.717) is 29.2 Å². The zero-order chi connectivity index (χ0) is 40.6. The molecule has 1 saturated carbocycles. The summed E-state index contributed by atoms with van der Waals surface area (Å²) in [6, 6.07) is 27.3. The lowest BCUT2D eigenvalue weighted by atomic mass is 10.1. The first-order valence-corrected chi connectivity index (χ1v) is 17.7. The average molecular weight is 803 g/mol. The van der Waals surface area contributed by atoms with Crippen molar-refractivity contribution >= 4 is 58.6 Å². The number of benzene rings is 4. The quantitative estimate of drug-likeness (QED) is 0.0655. The number of anilines is 4. The van der Waals surface area contributed by atoms with Gasteiger partial charge < -0.3 is 36.1 Å². The molecule has 1 fully saturated rings. The molecule has 6 rings (SSSR count). The van der Waals surface area contributed by atoms with Crippen LogP contribution in [0.3, 0.4) is 0 Å². The van der Waals surface area contributed by atoms with E-state index in [1.807, 2.05) is 42.5 Å². The molecule has 3 amide bonds. The highest BCUT2D eigenvalue weighted by molar-refractivity contribution is 6.39. The Morgan fingerprint density at radius 1 is 0.789 bits per heavy atom. The van der Waals surface area contributed by atoms with Gasteiger partial charge in [0.05, 0.1) is 12.6 Å². The zero-order valence-corrected chi connectivity index (χ0v) is 30.8. The number of alkyl halides is 3. The van der Waals surface area contributed by atoms with Gasteiger partial charge in [-0.25, -0.2) is 4.79 Å². The van der Waals surface area contributed by atoms with Gasteiger partial charge >= 0.3 is 30.0 Å². The molecule has 1 aromatic heterocycles. The van der Waals surface area contributed by atoms with Crippen molar-refractivity contribution < 1.29 is 41.8 Å². The van der Waals surface area contributed by atoms with Crippen molar-refractivity contribution in [2.24, 2.45) is 0 Å². The summed E-state index contributed by atoms with van der Waals surface area (Å²) in [6.45, 7) is -2.10. The van der Waals surface area contributed by atoms with Gasteiger partial charge in [0.2, 0.25) is 11.9 Å². The lowest BCUT2D eigenvalue weighted by Crippen LogP contribution is -2.50. The summed E-state index contributed by atoms with van der Waals surface area (Å²) in [4.78, 5) is 63.1. The minimum atomic E-state index is -4.64. The third kappa shape index (κ3) is 10.9. The number of nitrogens with one attached hydrogen (secondary N) is 5. The number of carbonyl (C=O) groups is 4. The van der Waals surface area contributed by atoms with Crippen LogP contribution in [0.15, 0.2) is 103 Å². The van der Waals surface area contributed by atoms with Crippen molar-refractivity contribution in [3.63, 3.8) is 0 Å². The number of rotatable bonds is 14. The van der Waals surface area contributed by atoms with Crippen LogP contribution in [-0.4, -0.2) is 71.1 Å². The number of halogens is 4. The van der Waals surface area contributed by atoms with E-state index in [2.05, 4.69) is 41.5 Å². The predicted molar refractivity (Wildman–Crippen MR) is 204 cm³/mol. The predicted octanol–water partition coefficient (Wildman–Crippen LogP) is 6.00. The number of ether oxygens (including phenoxy) is 2. The SMILES string of the molecule is COC(=O)[C@H](CNC(=O)C(=O)Nc1ccc(-c2ccccc2)cc1)NC(=O)c1ccc(Nc2nc(NC3(c4ccc(Cl)cc4)CC3)nc(OCC(F)(F)F)n2)cc1. The van der Waals surface area contributed by atoms with E-state index >= 15 is 0 Å². The number of aromatic nitrogens is 3. The molecule has 0 radical (unpaired) electrons. The third-order valence-electron chi connectivity index (χ3n) is 8.59. The molecule has 5 aromatic rings. The Morgan fingerprint density at radius 2 is 1.42 bits per heavy atom. The minimum absolute atomic E-state index is 0.0379. The van der Waals surface area contributed by atoms with Gasteiger partial charge in [0.15, 0.2) is 6.61 Å². The van der Waals surface area contributed by atoms with E-state index in [1.165, 1.54) is 24.3 Å². The van der Waals surface area contributed by atoms with E-state index in [4.69, 9.17) is 21.1 Å². The maximum atomic E-state index is 13.1. The molecule has 1 heterocycles. The Morgan fingerprint density at radius 3 is 2.05 bits per heavy atom. The highest BCUT2D eigenvalue weighted by Crippen LogP contribution is 2.48. The lowest BCUT2D eigenvalue weighted by molar-refractivity contribution is -0.154. The minimum Gasteiger partial charge on any atom is -0.467 e. The van der Waals surface area contributed by atoms with Crippen LogP contribution in [0.25, 0.3) is 11.1 Å². The highest BCUT2D eigenvalue weighted by Gasteiger charge is 2.45. The van der Waals surface area contributed by atoms with Gasteiger partial charge in [-0.05, 0) is 78.1 Å². The Bertz CT molecular complexity index is 2230. The van der Waals surface area contributed by atoms with Crippen molar-refractivity contribution in [2.45, 2.75) is 30.6 Å². The maximum absolute atomic E-state index is 13.1. The number of esters is 1. The summed E-state index contributed by atoms with van der Waals surface area (Å²) in [7, 11) is 1.10. The summed E-state index contributed by atoms with van der Waals surface area (Å²) < 4.78 is 48.5. The van der Waals surface area contributed by atoms with Gasteiger partial charge in [-0.2, -0.15) is 28.1 Å². The molecule has 1 aliphatic carbocycles. The van der Waals surface area contributed by atoms with Crippen molar-refractivity contribution in [3.05, 3.63) is 119 Å². The van der Waals surface area contributed by atoms with Crippen LogP contribution in [0.4, 0.5) is 36.4 Å². The fourth-order valence-electron chi connectivity index (χ4n) is 5.52. The Balaban J connectivity index is 1.07. The fraction of sp³-hybridized carbons (Fsp3) is 0.205. The monoisotopic (exact) mass is 802 g/mol. The molecule has 0 bridgehead atoms. The normalized spacial score (nSPS) is 13.4. The molecule has 0 saturated heterocycles. The van der Waals surface area contributed by atoms with Crippen molar-refractivity contribution in [1.29, 1.82) is 0 Å². The van der Waals surface area contributed by atoms with Crippen molar-refractivity contribution in [1.82, 2.24) is 25.6 Å². The molecule has 0 unspecified atom stereocenters. The van der Waals surface area contributed by atoms with Crippen LogP contribution in [0.1, 0.15) is 28.8 Å². The third-order valence-corrected chi connectivity index (χ3v) is 8.85. The first-order valence-electron chi connectivity index (χ1n) is 17.3. The molecule has 4 aromatic carbocycles. The standard InChI is InChI=1S/C39H34ClF3N8O6/c1-56-34(55)30(21-44-32(53)33(54)45-28-15-7-24(8-16-28)23-5-3-2-4-6-23)47-31(52)25-9-17-29(18-10-25)46-35-48-36(50-37(49-35)57-22-39(41,42)43)51-38(19-20-38)26-11-13-27(40)14-12-26/h2-18,30H,19-22H2,1H3,(H,44,53)(H,45,54)(H,47,52)(H2,46,48,49,50,51)/t30-/m0/s1. The molecule has 294 valence electrons. The topological polar surface area (TPSA) is 186 Å². The highest BCUT2D eigenvalue weighted by atomic mass is 35.5. The molecule has 1 atom stereocenters. The van der Waals surface area contributed by atoms with E-state index in [0.717, 1.165) is 23.8 Å². The second-order valence-corrected chi connectivity index (χ2v) is 13.2.